The molecule has 0 aliphatic carbocycles. The zero-order chi connectivity index (χ0) is 16.1. The fourth-order valence-electron chi connectivity index (χ4n) is 3.09. The maximum absolute atomic E-state index is 12.3. The number of halogens is 1. The number of fused-ring (bicyclic) bond motifs is 2. The highest BCUT2D eigenvalue weighted by Crippen LogP contribution is 2.35. The molecule has 0 spiro atoms. The lowest BCUT2D eigenvalue weighted by Crippen LogP contribution is -2.33. The zero-order valence-electron chi connectivity index (χ0n) is 12.4. The number of anilines is 1. The van der Waals surface area contributed by atoms with Crippen LogP contribution in [0.15, 0.2) is 28.9 Å². The summed E-state index contributed by atoms with van der Waals surface area (Å²) in [6.45, 7) is 0.689. The van der Waals surface area contributed by atoms with E-state index in [9.17, 15) is 9.59 Å². The molecule has 0 radical (unpaired) electrons. The average Bonchev–Trinajstić information content (AvgIpc) is 3.06. The predicted molar refractivity (Wildman–Crippen MR) is 92.1 cm³/mol. The number of carbonyl (C=O) groups excluding carboxylic acids is 2. The lowest BCUT2D eigenvalue weighted by molar-refractivity contribution is -0.110. The van der Waals surface area contributed by atoms with Gasteiger partial charge in [0.05, 0.1) is 11.1 Å². The highest BCUT2D eigenvalue weighted by molar-refractivity contribution is 9.10. The number of H-pyrrole nitrogens is 1. The first-order valence-electron chi connectivity index (χ1n) is 7.33. The largest absolute Gasteiger partial charge is 0.361 e. The van der Waals surface area contributed by atoms with Crippen LogP contribution in [0.1, 0.15) is 27.2 Å². The average molecular weight is 372 g/mol. The molecule has 116 valence electrons. The Labute approximate surface area is 141 Å². The van der Waals surface area contributed by atoms with Crippen molar-refractivity contribution < 1.29 is 9.59 Å². The molecule has 1 aromatic heterocycles. The molecule has 23 heavy (non-hydrogen) atoms. The Balaban J connectivity index is 1.81. The molecule has 6 heteroatoms. The van der Waals surface area contributed by atoms with Crippen LogP contribution in [0.2, 0.25) is 0 Å². The van der Waals surface area contributed by atoms with Crippen molar-refractivity contribution in [2.45, 2.75) is 6.42 Å². The van der Waals surface area contributed by atoms with Crippen molar-refractivity contribution in [1.29, 1.82) is 0 Å². The highest BCUT2D eigenvalue weighted by atomic mass is 79.9. The molecule has 0 unspecified atom stereocenters. The summed E-state index contributed by atoms with van der Waals surface area (Å²) in [5, 5.41) is 2.87. The predicted octanol–water partition coefficient (Wildman–Crippen LogP) is 2.90. The van der Waals surface area contributed by atoms with E-state index in [1.54, 1.807) is 18.1 Å². The smallest absolute Gasteiger partial charge is 0.256 e. The summed E-state index contributed by atoms with van der Waals surface area (Å²) in [5.41, 5.74) is 4.79. The molecule has 2 amide bonds. The van der Waals surface area contributed by atoms with Crippen LogP contribution >= 0.6 is 15.9 Å². The van der Waals surface area contributed by atoms with Crippen molar-refractivity contribution in [1.82, 2.24) is 9.88 Å². The van der Waals surface area contributed by atoms with Crippen molar-refractivity contribution in [2.75, 3.05) is 18.9 Å². The molecule has 1 aromatic carbocycles. The van der Waals surface area contributed by atoms with Crippen LogP contribution in [0.25, 0.3) is 11.6 Å². The van der Waals surface area contributed by atoms with Gasteiger partial charge in [0, 0.05) is 41.2 Å². The normalized spacial score (nSPS) is 18.2. The number of aromatic amines is 1. The molecule has 4 rings (SSSR count). The Kier molecular flexibility index (Phi) is 3.16. The first kappa shape index (κ1) is 14.3. The standard InChI is InChI=1S/C17H14BrN3O2/c1-21-5-4-10-13(17(21)23)8-19-15(10)7-12-11-6-9(18)2-3-14(11)20-16(12)22/h2-3,6-8,19H,4-5H2,1H3,(H,20,22). The second kappa shape index (κ2) is 5.09. The minimum absolute atomic E-state index is 0.0196. The fourth-order valence-corrected chi connectivity index (χ4v) is 3.45. The highest BCUT2D eigenvalue weighted by Gasteiger charge is 2.28. The second-order valence-corrected chi connectivity index (χ2v) is 6.69. The Bertz CT molecular complexity index is 882. The van der Waals surface area contributed by atoms with Crippen LogP contribution < -0.4 is 5.32 Å². The maximum atomic E-state index is 12.3. The molecule has 3 heterocycles. The van der Waals surface area contributed by atoms with Crippen molar-refractivity contribution in [2.24, 2.45) is 0 Å². The number of carbonyl (C=O) groups is 2. The van der Waals surface area contributed by atoms with Crippen LogP contribution in [0, 0.1) is 0 Å². The van der Waals surface area contributed by atoms with Gasteiger partial charge >= 0.3 is 0 Å². The van der Waals surface area contributed by atoms with E-state index in [0.29, 0.717) is 17.7 Å². The van der Waals surface area contributed by atoms with E-state index in [1.165, 1.54) is 0 Å². The van der Waals surface area contributed by atoms with Crippen molar-refractivity contribution in [3.63, 3.8) is 0 Å². The molecule has 0 saturated carbocycles. The number of hydrogen-bond donors (Lipinski definition) is 2. The minimum atomic E-state index is -0.124. The molecular weight excluding hydrogens is 358 g/mol. The number of benzene rings is 1. The SMILES string of the molecule is CN1CCc2c(c[nH]c2C=C2C(=O)Nc3ccc(Br)cc32)C1=O. The fraction of sp³-hybridized carbons (Fsp3) is 0.176. The van der Waals surface area contributed by atoms with Gasteiger partial charge in [0.2, 0.25) is 0 Å². The molecule has 2 aliphatic heterocycles. The van der Waals surface area contributed by atoms with Crippen molar-refractivity contribution in [3.8, 4) is 0 Å². The second-order valence-electron chi connectivity index (χ2n) is 5.77. The molecule has 0 fully saturated rings. The van der Waals surface area contributed by atoms with E-state index >= 15 is 0 Å². The van der Waals surface area contributed by atoms with Gasteiger partial charge in [-0.05, 0) is 36.3 Å². The molecule has 5 nitrogen and oxygen atoms in total. The summed E-state index contributed by atoms with van der Waals surface area (Å²) in [7, 11) is 1.80. The van der Waals surface area contributed by atoms with Gasteiger partial charge in [0.25, 0.3) is 11.8 Å². The Morgan fingerprint density at radius 2 is 2.09 bits per heavy atom. The molecule has 2 aliphatic rings. The first-order valence-corrected chi connectivity index (χ1v) is 8.12. The van der Waals surface area contributed by atoms with Gasteiger partial charge < -0.3 is 15.2 Å². The number of rotatable bonds is 1. The number of hydrogen-bond acceptors (Lipinski definition) is 2. The molecule has 0 atom stereocenters. The summed E-state index contributed by atoms with van der Waals surface area (Å²) in [4.78, 5) is 29.3. The minimum Gasteiger partial charge on any atom is -0.361 e. The number of amides is 2. The van der Waals surface area contributed by atoms with Gasteiger partial charge in [0.15, 0.2) is 0 Å². The van der Waals surface area contributed by atoms with Gasteiger partial charge in [-0.3, -0.25) is 9.59 Å². The van der Waals surface area contributed by atoms with Gasteiger partial charge in [0.1, 0.15) is 0 Å². The third kappa shape index (κ3) is 2.21. The molecule has 0 saturated heterocycles. The summed E-state index contributed by atoms with van der Waals surface area (Å²) < 4.78 is 0.920. The van der Waals surface area contributed by atoms with Crippen LogP contribution in [0.5, 0.6) is 0 Å². The monoisotopic (exact) mass is 371 g/mol. The molecule has 0 bridgehead atoms. The molecule has 2 aromatic rings. The van der Waals surface area contributed by atoms with E-state index in [1.807, 2.05) is 24.3 Å². The number of likely N-dealkylation sites (N-methyl/N-ethyl adjacent to an activating group) is 1. The van der Waals surface area contributed by atoms with E-state index < -0.39 is 0 Å². The number of nitrogens with zero attached hydrogens (tertiary/aromatic N) is 1. The maximum Gasteiger partial charge on any atom is 0.256 e. The Morgan fingerprint density at radius 3 is 2.91 bits per heavy atom. The van der Waals surface area contributed by atoms with E-state index in [4.69, 9.17) is 0 Å². The van der Waals surface area contributed by atoms with Gasteiger partial charge in [-0.15, -0.1) is 0 Å². The third-order valence-electron chi connectivity index (χ3n) is 4.35. The third-order valence-corrected chi connectivity index (χ3v) is 4.84. The number of aromatic nitrogens is 1. The van der Waals surface area contributed by atoms with Crippen LogP contribution in [-0.2, 0) is 11.2 Å². The quantitative estimate of drug-likeness (QED) is 0.756. The molecular formula is C17H14BrN3O2. The summed E-state index contributed by atoms with van der Waals surface area (Å²) in [6.07, 6.45) is 4.35. The summed E-state index contributed by atoms with van der Waals surface area (Å²) >= 11 is 3.44. The lowest BCUT2D eigenvalue weighted by Gasteiger charge is -2.22. The number of nitrogens with one attached hydrogen (secondary N) is 2. The lowest BCUT2D eigenvalue weighted by atomic mass is 9.99. The van der Waals surface area contributed by atoms with Crippen LogP contribution in [0.4, 0.5) is 5.69 Å². The van der Waals surface area contributed by atoms with Crippen molar-refractivity contribution in [3.05, 3.63) is 51.3 Å². The Hall–Kier alpha value is -2.34. The first-order chi connectivity index (χ1) is 11.0. The summed E-state index contributed by atoms with van der Waals surface area (Å²) in [6, 6.07) is 5.70. The van der Waals surface area contributed by atoms with Gasteiger partial charge in [-0.2, -0.15) is 0 Å². The van der Waals surface area contributed by atoms with Gasteiger partial charge in [-0.25, -0.2) is 0 Å². The van der Waals surface area contributed by atoms with E-state index in [0.717, 1.165) is 33.4 Å². The summed E-state index contributed by atoms with van der Waals surface area (Å²) in [5.74, 6) is -0.105. The topological polar surface area (TPSA) is 65.2 Å². The Morgan fingerprint density at radius 1 is 1.26 bits per heavy atom. The van der Waals surface area contributed by atoms with Crippen molar-refractivity contribution >= 4 is 45.1 Å². The molecule has 2 N–H and O–H groups in total. The van der Waals surface area contributed by atoms with Crippen LogP contribution in [0.3, 0.4) is 0 Å². The van der Waals surface area contributed by atoms with Gasteiger partial charge in [-0.1, -0.05) is 15.9 Å². The van der Waals surface area contributed by atoms with E-state index in [2.05, 4.69) is 26.2 Å². The van der Waals surface area contributed by atoms with Crippen LogP contribution in [-0.4, -0.2) is 35.3 Å². The zero-order valence-corrected chi connectivity index (χ0v) is 14.0. The van der Waals surface area contributed by atoms with E-state index in [-0.39, 0.29) is 11.8 Å².